The molecule has 2 rings (SSSR count). The third-order valence-corrected chi connectivity index (χ3v) is 4.38. The first-order valence-electron chi connectivity index (χ1n) is 8.58. The number of nitrogens with two attached hydrogens (primary N) is 1. The van der Waals surface area contributed by atoms with Crippen molar-refractivity contribution in [2.75, 3.05) is 26.2 Å². The second-order valence-corrected chi connectivity index (χ2v) is 6.47. The number of carbonyl (C=O) groups is 2. The van der Waals surface area contributed by atoms with Crippen LogP contribution in [0.5, 0.6) is 0 Å². The molecule has 2 atom stereocenters. The van der Waals surface area contributed by atoms with Gasteiger partial charge in [0.15, 0.2) is 0 Å². The number of piperidine rings is 1. The molecule has 0 bridgehead atoms. The van der Waals surface area contributed by atoms with E-state index >= 15 is 0 Å². The Hall–Kier alpha value is -2.02. The smallest absolute Gasteiger partial charge is 0.315 e. The molecule has 1 aromatic rings. The molecule has 1 aliphatic heterocycles. The lowest BCUT2D eigenvalue weighted by molar-refractivity contribution is -0.123. The van der Waals surface area contributed by atoms with E-state index in [0.717, 1.165) is 50.4 Å². The van der Waals surface area contributed by atoms with Crippen molar-refractivity contribution in [3.05, 3.63) is 23.7 Å². The van der Waals surface area contributed by atoms with Crippen LogP contribution in [0.1, 0.15) is 43.7 Å². The lowest BCUT2D eigenvalue weighted by Crippen LogP contribution is -2.42. The molecular weight excluding hydrogens is 308 g/mol. The molecule has 0 spiro atoms. The second kappa shape index (κ2) is 8.73. The van der Waals surface area contributed by atoms with Crippen LogP contribution in [-0.4, -0.2) is 43.0 Å². The number of aryl methyl sites for hydroxylation is 1. The first-order chi connectivity index (χ1) is 11.5. The normalized spacial score (nSPS) is 19.7. The van der Waals surface area contributed by atoms with Crippen molar-refractivity contribution in [3.63, 3.8) is 0 Å². The van der Waals surface area contributed by atoms with E-state index in [1.54, 1.807) is 0 Å². The lowest BCUT2D eigenvalue weighted by Gasteiger charge is -2.31. The molecule has 0 unspecified atom stereocenters. The van der Waals surface area contributed by atoms with Gasteiger partial charge in [0.2, 0.25) is 5.91 Å². The summed E-state index contributed by atoms with van der Waals surface area (Å²) < 4.78 is 5.49. The van der Waals surface area contributed by atoms with Gasteiger partial charge in [-0.15, -0.1) is 0 Å². The number of rotatable bonds is 7. The van der Waals surface area contributed by atoms with Gasteiger partial charge >= 0.3 is 6.03 Å². The van der Waals surface area contributed by atoms with Crippen LogP contribution >= 0.6 is 0 Å². The van der Waals surface area contributed by atoms with Crippen LogP contribution in [-0.2, 0) is 4.79 Å². The first-order valence-corrected chi connectivity index (χ1v) is 8.58. The minimum atomic E-state index is -0.209. The van der Waals surface area contributed by atoms with Crippen LogP contribution in [0, 0.1) is 12.8 Å². The highest BCUT2D eigenvalue weighted by Crippen LogP contribution is 2.16. The van der Waals surface area contributed by atoms with Crippen LogP contribution in [0.4, 0.5) is 4.79 Å². The molecule has 24 heavy (non-hydrogen) atoms. The molecule has 0 aliphatic carbocycles. The zero-order valence-electron chi connectivity index (χ0n) is 14.5. The predicted octanol–water partition coefficient (Wildman–Crippen LogP) is 1.54. The van der Waals surface area contributed by atoms with Crippen molar-refractivity contribution < 1.29 is 14.0 Å². The summed E-state index contributed by atoms with van der Waals surface area (Å²) in [4.78, 5) is 25.4. The van der Waals surface area contributed by atoms with E-state index in [-0.39, 0.29) is 23.9 Å². The van der Waals surface area contributed by atoms with Gasteiger partial charge in [0, 0.05) is 13.1 Å². The Bertz CT molecular complexity index is 558. The number of hydrogen-bond donors (Lipinski definition) is 3. The van der Waals surface area contributed by atoms with E-state index in [1.807, 2.05) is 26.0 Å². The van der Waals surface area contributed by atoms with Gasteiger partial charge in [-0.2, -0.15) is 0 Å². The SMILES string of the molecule is Cc1ccc([C@H](C)NC(=O)NCCCN2CCC[C@H](C(N)=O)C2)o1. The number of nitrogens with zero attached hydrogens (tertiary/aromatic N) is 1. The largest absolute Gasteiger partial charge is 0.464 e. The fourth-order valence-corrected chi connectivity index (χ4v) is 3.00. The Labute approximate surface area is 142 Å². The van der Waals surface area contributed by atoms with Crippen molar-refractivity contribution in [2.45, 2.75) is 39.2 Å². The summed E-state index contributed by atoms with van der Waals surface area (Å²) in [5, 5.41) is 5.71. The summed E-state index contributed by atoms with van der Waals surface area (Å²) in [6, 6.07) is 3.37. The number of likely N-dealkylation sites (tertiary alicyclic amines) is 1. The van der Waals surface area contributed by atoms with Crippen molar-refractivity contribution in [1.29, 1.82) is 0 Å². The maximum atomic E-state index is 11.9. The monoisotopic (exact) mass is 336 g/mol. The molecule has 0 radical (unpaired) electrons. The molecule has 1 fully saturated rings. The molecule has 1 aliphatic rings. The van der Waals surface area contributed by atoms with Crippen molar-refractivity contribution >= 4 is 11.9 Å². The Morgan fingerprint density at radius 1 is 1.46 bits per heavy atom. The zero-order chi connectivity index (χ0) is 17.5. The van der Waals surface area contributed by atoms with E-state index in [9.17, 15) is 9.59 Å². The first kappa shape index (κ1) is 18.3. The maximum Gasteiger partial charge on any atom is 0.315 e. The number of furan rings is 1. The molecule has 7 heteroatoms. The molecule has 2 heterocycles. The fraction of sp³-hybridized carbons (Fsp3) is 0.647. The zero-order valence-corrected chi connectivity index (χ0v) is 14.5. The maximum absolute atomic E-state index is 11.9. The number of urea groups is 1. The van der Waals surface area contributed by atoms with Crippen LogP contribution in [0.25, 0.3) is 0 Å². The number of nitrogens with one attached hydrogen (secondary N) is 2. The number of primary amides is 1. The van der Waals surface area contributed by atoms with Gasteiger partial charge in [-0.25, -0.2) is 4.79 Å². The van der Waals surface area contributed by atoms with Gasteiger partial charge in [-0.05, 0) is 58.3 Å². The minimum Gasteiger partial charge on any atom is -0.464 e. The van der Waals surface area contributed by atoms with E-state index in [2.05, 4.69) is 15.5 Å². The quantitative estimate of drug-likeness (QED) is 0.657. The molecule has 4 N–H and O–H groups in total. The topological polar surface area (TPSA) is 101 Å². The van der Waals surface area contributed by atoms with Gasteiger partial charge < -0.3 is 25.7 Å². The summed E-state index contributed by atoms with van der Waals surface area (Å²) in [7, 11) is 0. The summed E-state index contributed by atoms with van der Waals surface area (Å²) >= 11 is 0. The van der Waals surface area contributed by atoms with Gasteiger partial charge in [0.05, 0.1) is 12.0 Å². The van der Waals surface area contributed by atoms with E-state index in [4.69, 9.17) is 10.2 Å². The van der Waals surface area contributed by atoms with E-state index < -0.39 is 0 Å². The highest BCUT2D eigenvalue weighted by molar-refractivity contribution is 5.77. The highest BCUT2D eigenvalue weighted by atomic mass is 16.3. The minimum absolute atomic E-state index is 0.0346. The fourth-order valence-electron chi connectivity index (χ4n) is 3.00. The average Bonchev–Trinajstić information content (AvgIpc) is 2.98. The standard InChI is InChI=1S/C17H28N4O3/c1-12-6-7-15(24-12)13(2)20-17(23)19-8-4-10-21-9-3-5-14(11-21)16(18)22/h6-7,13-14H,3-5,8-11H2,1-2H3,(H2,18,22)(H2,19,20,23)/t13-,14-/m0/s1. The Kier molecular flexibility index (Phi) is 6.66. The third-order valence-electron chi connectivity index (χ3n) is 4.38. The second-order valence-electron chi connectivity index (χ2n) is 6.47. The predicted molar refractivity (Wildman–Crippen MR) is 91.4 cm³/mol. The molecule has 1 aromatic heterocycles. The Morgan fingerprint density at radius 3 is 2.92 bits per heavy atom. The highest BCUT2D eigenvalue weighted by Gasteiger charge is 2.23. The van der Waals surface area contributed by atoms with Gasteiger partial charge in [-0.1, -0.05) is 0 Å². The van der Waals surface area contributed by atoms with Gasteiger partial charge in [-0.3, -0.25) is 4.79 Å². The molecule has 0 aromatic carbocycles. The number of carbonyl (C=O) groups excluding carboxylic acids is 2. The molecule has 1 saturated heterocycles. The number of hydrogen-bond acceptors (Lipinski definition) is 4. The lowest BCUT2D eigenvalue weighted by atomic mass is 9.97. The summed E-state index contributed by atoms with van der Waals surface area (Å²) in [5.41, 5.74) is 5.38. The average molecular weight is 336 g/mol. The third kappa shape index (κ3) is 5.56. The van der Waals surface area contributed by atoms with Crippen LogP contribution < -0.4 is 16.4 Å². The van der Waals surface area contributed by atoms with Gasteiger partial charge in [0.1, 0.15) is 11.5 Å². The molecule has 0 saturated carbocycles. The molecule has 3 amide bonds. The van der Waals surface area contributed by atoms with E-state index in [1.165, 1.54) is 0 Å². The van der Waals surface area contributed by atoms with Crippen LogP contribution in [0.2, 0.25) is 0 Å². The van der Waals surface area contributed by atoms with Crippen molar-refractivity contribution in [2.24, 2.45) is 11.7 Å². The summed E-state index contributed by atoms with van der Waals surface area (Å²) in [5.74, 6) is 1.33. The van der Waals surface area contributed by atoms with Gasteiger partial charge in [0.25, 0.3) is 0 Å². The Morgan fingerprint density at radius 2 is 2.25 bits per heavy atom. The van der Waals surface area contributed by atoms with E-state index in [0.29, 0.717) is 6.54 Å². The molecular formula is C17H28N4O3. The summed E-state index contributed by atoms with van der Waals surface area (Å²) in [6.07, 6.45) is 2.73. The Balaban J connectivity index is 1.61. The molecule has 134 valence electrons. The van der Waals surface area contributed by atoms with Crippen LogP contribution in [0.3, 0.4) is 0 Å². The summed E-state index contributed by atoms with van der Waals surface area (Å²) in [6.45, 7) is 6.93. The van der Waals surface area contributed by atoms with Crippen molar-refractivity contribution in [3.8, 4) is 0 Å². The number of amides is 3. The van der Waals surface area contributed by atoms with Crippen LogP contribution in [0.15, 0.2) is 16.5 Å². The van der Waals surface area contributed by atoms with Crippen molar-refractivity contribution in [1.82, 2.24) is 15.5 Å². The molecule has 7 nitrogen and oxygen atoms in total.